The van der Waals surface area contributed by atoms with Crippen molar-refractivity contribution in [3.63, 3.8) is 0 Å². The fourth-order valence-electron chi connectivity index (χ4n) is 1.48. The number of carbonyl (C=O) groups excluding carboxylic acids is 1. The average Bonchev–Trinajstić information content (AvgIpc) is 2.30. The molecule has 1 aliphatic rings. The Morgan fingerprint density at radius 2 is 1.88 bits per heavy atom. The van der Waals surface area contributed by atoms with Gasteiger partial charge >= 0.3 is 0 Å². The normalized spacial score (nSPS) is 17.5. The van der Waals surface area contributed by atoms with Gasteiger partial charge in [-0.25, -0.2) is 12.7 Å². The summed E-state index contributed by atoms with van der Waals surface area (Å²) in [7, 11) is -3.71. The Balaban J connectivity index is 2.35. The molecule has 16 heavy (non-hydrogen) atoms. The third-order valence-electron chi connectivity index (χ3n) is 2.27. The van der Waals surface area contributed by atoms with Crippen LogP contribution in [0.15, 0.2) is 35.2 Å². The number of hydrogen-bond donors (Lipinski definition) is 0. The number of morpholine rings is 1. The molecule has 1 saturated heterocycles. The number of rotatable bonds is 2. The molecule has 1 fully saturated rings. The van der Waals surface area contributed by atoms with Gasteiger partial charge in [-0.2, -0.15) is 0 Å². The van der Waals surface area contributed by atoms with Crippen LogP contribution in [0.2, 0.25) is 0 Å². The van der Waals surface area contributed by atoms with Gasteiger partial charge in [0.05, 0.1) is 18.0 Å². The Bertz CT molecular complexity index is 483. The lowest BCUT2D eigenvalue weighted by molar-refractivity contribution is -0.136. The van der Waals surface area contributed by atoms with Gasteiger partial charge in [-0.05, 0) is 12.1 Å². The maximum atomic E-state index is 12.0. The second-order valence-corrected chi connectivity index (χ2v) is 5.20. The monoisotopic (exact) mass is 241 g/mol. The van der Waals surface area contributed by atoms with E-state index >= 15 is 0 Å². The Morgan fingerprint density at radius 1 is 1.19 bits per heavy atom. The largest absolute Gasteiger partial charge is 0.370 e. The number of benzene rings is 1. The summed E-state index contributed by atoms with van der Waals surface area (Å²) in [4.78, 5) is 11.6. The molecule has 0 atom stereocenters. The lowest BCUT2D eigenvalue weighted by atomic mass is 10.4. The molecule has 6 heteroatoms. The summed E-state index contributed by atoms with van der Waals surface area (Å²) in [5.74, 6) is -0.518. The molecule has 5 nitrogen and oxygen atoms in total. The Labute approximate surface area is 93.7 Å². The van der Waals surface area contributed by atoms with Gasteiger partial charge in [0, 0.05) is 0 Å². The lowest BCUT2D eigenvalue weighted by Gasteiger charge is -2.26. The predicted octanol–water partition coefficient (Wildman–Crippen LogP) is 0.234. The molecule has 86 valence electrons. The van der Waals surface area contributed by atoms with Crippen molar-refractivity contribution in [2.45, 2.75) is 4.90 Å². The molecule has 0 unspecified atom stereocenters. The molecule has 1 aromatic rings. The number of sulfonamides is 1. The van der Waals surface area contributed by atoms with Gasteiger partial charge < -0.3 is 4.74 Å². The van der Waals surface area contributed by atoms with Crippen LogP contribution in [-0.4, -0.2) is 38.4 Å². The molecule has 0 aromatic heterocycles. The van der Waals surface area contributed by atoms with E-state index in [4.69, 9.17) is 4.74 Å². The van der Waals surface area contributed by atoms with Crippen LogP contribution in [0.4, 0.5) is 0 Å². The third kappa shape index (κ3) is 1.94. The Hall–Kier alpha value is -1.40. The van der Waals surface area contributed by atoms with E-state index in [1.807, 2.05) is 0 Å². The summed E-state index contributed by atoms with van der Waals surface area (Å²) in [5, 5.41) is 0. The quantitative estimate of drug-likeness (QED) is 0.743. The maximum absolute atomic E-state index is 12.0. The minimum absolute atomic E-state index is 0.0794. The Kier molecular flexibility index (Phi) is 2.93. The van der Waals surface area contributed by atoms with E-state index in [1.54, 1.807) is 18.2 Å². The van der Waals surface area contributed by atoms with Crippen molar-refractivity contribution in [3.8, 4) is 0 Å². The van der Waals surface area contributed by atoms with Crippen LogP contribution in [-0.2, 0) is 19.6 Å². The highest BCUT2D eigenvalue weighted by Crippen LogP contribution is 2.16. The number of carbonyl (C=O) groups is 1. The fraction of sp³-hybridized carbons (Fsp3) is 0.300. The highest BCUT2D eigenvalue weighted by atomic mass is 32.2. The number of amides is 1. The van der Waals surface area contributed by atoms with Crippen molar-refractivity contribution in [1.82, 2.24) is 4.31 Å². The first kappa shape index (κ1) is 11.1. The van der Waals surface area contributed by atoms with Gasteiger partial charge in [0.15, 0.2) is 0 Å². The zero-order valence-electron chi connectivity index (χ0n) is 8.50. The van der Waals surface area contributed by atoms with Gasteiger partial charge in [-0.15, -0.1) is 0 Å². The molecule has 1 heterocycles. The lowest BCUT2D eigenvalue weighted by Crippen LogP contribution is -2.45. The molecule has 0 radical (unpaired) electrons. The summed E-state index contributed by atoms with van der Waals surface area (Å²) in [6, 6.07) is 7.91. The summed E-state index contributed by atoms with van der Waals surface area (Å²) in [5.41, 5.74) is 0. The molecule has 1 aromatic carbocycles. The SMILES string of the molecule is O=C1COCCN1S(=O)(=O)c1ccccc1. The second kappa shape index (κ2) is 4.23. The van der Waals surface area contributed by atoms with E-state index in [2.05, 4.69) is 0 Å². The van der Waals surface area contributed by atoms with Crippen LogP contribution in [0.1, 0.15) is 0 Å². The van der Waals surface area contributed by atoms with E-state index in [0.717, 1.165) is 4.31 Å². The first-order valence-electron chi connectivity index (χ1n) is 4.81. The van der Waals surface area contributed by atoms with Crippen LogP contribution >= 0.6 is 0 Å². The molecule has 0 saturated carbocycles. The molecular formula is C10H11NO4S. The average molecular weight is 241 g/mol. The van der Waals surface area contributed by atoms with Crippen molar-refractivity contribution in [3.05, 3.63) is 30.3 Å². The van der Waals surface area contributed by atoms with Gasteiger partial charge in [0.1, 0.15) is 6.61 Å². The zero-order valence-corrected chi connectivity index (χ0v) is 9.31. The first-order chi connectivity index (χ1) is 7.62. The molecule has 0 aliphatic carbocycles. The summed E-state index contributed by atoms with van der Waals surface area (Å²) >= 11 is 0. The van der Waals surface area contributed by atoms with Crippen LogP contribution in [0, 0.1) is 0 Å². The van der Waals surface area contributed by atoms with Gasteiger partial charge in [-0.1, -0.05) is 18.2 Å². The van der Waals surface area contributed by atoms with E-state index in [-0.39, 0.29) is 24.7 Å². The van der Waals surface area contributed by atoms with Crippen molar-refractivity contribution in [2.24, 2.45) is 0 Å². The summed E-state index contributed by atoms with van der Waals surface area (Å²) in [6.07, 6.45) is 0. The fourth-order valence-corrected chi connectivity index (χ4v) is 2.87. The second-order valence-electron chi connectivity index (χ2n) is 3.34. The van der Waals surface area contributed by atoms with Gasteiger partial charge in [0.25, 0.3) is 15.9 Å². The first-order valence-corrected chi connectivity index (χ1v) is 6.25. The molecule has 1 aliphatic heterocycles. The molecule has 2 rings (SSSR count). The Morgan fingerprint density at radius 3 is 2.50 bits per heavy atom. The maximum Gasteiger partial charge on any atom is 0.266 e. The molecule has 1 amide bonds. The summed E-state index contributed by atoms with van der Waals surface area (Å²) < 4.78 is 29.8. The summed E-state index contributed by atoms with van der Waals surface area (Å²) in [6.45, 7) is 0.153. The minimum atomic E-state index is -3.71. The van der Waals surface area contributed by atoms with E-state index < -0.39 is 15.9 Å². The van der Waals surface area contributed by atoms with Crippen molar-refractivity contribution in [2.75, 3.05) is 19.8 Å². The standard InChI is InChI=1S/C10H11NO4S/c12-10-8-15-7-6-11(10)16(13,14)9-4-2-1-3-5-9/h1-5H,6-8H2. The number of nitrogens with zero attached hydrogens (tertiary/aromatic N) is 1. The topological polar surface area (TPSA) is 63.7 Å². The van der Waals surface area contributed by atoms with Crippen LogP contribution in [0.5, 0.6) is 0 Å². The van der Waals surface area contributed by atoms with Crippen LogP contribution < -0.4 is 0 Å². The highest BCUT2D eigenvalue weighted by molar-refractivity contribution is 7.89. The number of hydrogen-bond acceptors (Lipinski definition) is 4. The van der Waals surface area contributed by atoms with Crippen molar-refractivity contribution in [1.29, 1.82) is 0 Å². The van der Waals surface area contributed by atoms with E-state index in [1.165, 1.54) is 12.1 Å². The van der Waals surface area contributed by atoms with Gasteiger partial charge in [0.2, 0.25) is 0 Å². The van der Waals surface area contributed by atoms with Crippen LogP contribution in [0.3, 0.4) is 0 Å². The molecular weight excluding hydrogens is 230 g/mol. The van der Waals surface area contributed by atoms with Crippen LogP contribution in [0.25, 0.3) is 0 Å². The smallest absolute Gasteiger partial charge is 0.266 e. The highest BCUT2D eigenvalue weighted by Gasteiger charge is 2.31. The molecule has 0 spiro atoms. The van der Waals surface area contributed by atoms with E-state index in [0.29, 0.717) is 0 Å². The number of ether oxygens (including phenoxy) is 1. The zero-order chi connectivity index (χ0) is 11.6. The predicted molar refractivity (Wildman–Crippen MR) is 56.2 cm³/mol. The molecule has 0 bridgehead atoms. The minimum Gasteiger partial charge on any atom is -0.370 e. The van der Waals surface area contributed by atoms with Crippen molar-refractivity contribution >= 4 is 15.9 Å². The van der Waals surface area contributed by atoms with Crippen molar-refractivity contribution < 1.29 is 17.9 Å². The van der Waals surface area contributed by atoms with E-state index in [9.17, 15) is 13.2 Å². The molecule has 0 N–H and O–H groups in total. The van der Waals surface area contributed by atoms with Gasteiger partial charge in [-0.3, -0.25) is 4.79 Å². The third-order valence-corrected chi connectivity index (χ3v) is 4.11.